The lowest BCUT2D eigenvalue weighted by Gasteiger charge is -2.29. The molecule has 0 spiro atoms. The van der Waals surface area contributed by atoms with E-state index in [9.17, 15) is 29.4 Å². The number of carbonyl (C=O) groups excluding carboxylic acids is 3. The van der Waals surface area contributed by atoms with Crippen molar-refractivity contribution in [3.63, 3.8) is 0 Å². The van der Waals surface area contributed by atoms with Gasteiger partial charge in [-0.25, -0.2) is 4.79 Å². The highest BCUT2D eigenvalue weighted by atomic mass is 32.1. The Balaban J connectivity index is 2.75. The van der Waals surface area contributed by atoms with Crippen molar-refractivity contribution in [1.29, 1.82) is 0 Å². The van der Waals surface area contributed by atoms with Crippen LogP contribution in [-0.2, 0) is 19.2 Å². The van der Waals surface area contributed by atoms with Crippen molar-refractivity contribution in [1.82, 2.24) is 15.5 Å². The summed E-state index contributed by atoms with van der Waals surface area (Å²) in [6.07, 6.45) is 1.29. The number of rotatable bonds is 12. The number of nitrogens with two attached hydrogens (primary N) is 2. The number of hydrogen-bond donors (Lipinski definition) is 7. The minimum Gasteiger partial charge on any atom is -0.480 e. The molecular weight excluding hydrogens is 414 g/mol. The maximum absolute atomic E-state index is 12.7. The average Bonchev–Trinajstić information content (AvgIpc) is 3.19. The first-order valence-electron chi connectivity index (χ1n) is 10.0. The largest absolute Gasteiger partial charge is 0.480 e. The van der Waals surface area contributed by atoms with Crippen molar-refractivity contribution in [2.24, 2.45) is 11.5 Å². The molecule has 12 heteroatoms. The third-order valence-corrected chi connectivity index (χ3v) is 5.39. The van der Waals surface area contributed by atoms with E-state index < -0.39 is 54.0 Å². The van der Waals surface area contributed by atoms with E-state index in [2.05, 4.69) is 23.3 Å². The number of aliphatic hydroxyl groups is 1. The number of carboxylic acids is 1. The fourth-order valence-corrected chi connectivity index (χ4v) is 3.44. The van der Waals surface area contributed by atoms with E-state index in [-0.39, 0.29) is 12.2 Å². The van der Waals surface area contributed by atoms with Gasteiger partial charge in [-0.15, -0.1) is 0 Å². The molecule has 0 aliphatic carbocycles. The number of aliphatic hydroxyl groups excluding tert-OH is 1. The van der Waals surface area contributed by atoms with Gasteiger partial charge in [0.2, 0.25) is 17.7 Å². The highest BCUT2D eigenvalue weighted by Gasteiger charge is 2.38. The molecule has 0 aromatic rings. The summed E-state index contributed by atoms with van der Waals surface area (Å²) in [7, 11) is 0. The smallest absolute Gasteiger partial charge is 0.326 e. The van der Waals surface area contributed by atoms with Crippen LogP contribution in [0.15, 0.2) is 0 Å². The summed E-state index contributed by atoms with van der Waals surface area (Å²) >= 11 is 4.08. The number of unbranched alkanes of at least 4 members (excludes halogenated alkanes) is 1. The van der Waals surface area contributed by atoms with Crippen LogP contribution in [0.2, 0.25) is 0 Å². The summed E-state index contributed by atoms with van der Waals surface area (Å²) in [5.74, 6) is -3.00. The fourth-order valence-electron chi connectivity index (χ4n) is 3.19. The summed E-state index contributed by atoms with van der Waals surface area (Å²) in [6, 6.07) is -4.14. The highest BCUT2D eigenvalue weighted by molar-refractivity contribution is 7.80. The van der Waals surface area contributed by atoms with Gasteiger partial charge in [0.25, 0.3) is 0 Å². The molecular formula is C18H33N5O6S. The zero-order valence-corrected chi connectivity index (χ0v) is 18.0. The minimum atomic E-state index is -1.18. The van der Waals surface area contributed by atoms with Crippen LogP contribution in [0.25, 0.3) is 0 Å². The number of nitrogens with one attached hydrogen (secondary N) is 2. The van der Waals surface area contributed by atoms with Gasteiger partial charge in [0.05, 0.1) is 6.10 Å². The molecule has 3 amide bonds. The Labute approximate surface area is 181 Å². The number of aliphatic carboxylic acids is 1. The summed E-state index contributed by atoms with van der Waals surface area (Å²) < 4.78 is 0. The third kappa shape index (κ3) is 7.42. The van der Waals surface area contributed by atoms with Gasteiger partial charge in [0, 0.05) is 12.3 Å². The van der Waals surface area contributed by atoms with Gasteiger partial charge in [0.15, 0.2) is 0 Å². The molecule has 11 nitrogen and oxygen atoms in total. The first-order chi connectivity index (χ1) is 14.1. The highest BCUT2D eigenvalue weighted by Crippen LogP contribution is 2.19. The molecule has 0 bridgehead atoms. The maximum atomic E-state index is 12.7. The second-order valence-electron chi connectivity index (χ2n) is 7.38. The van der Waals surface area contributed by atoms with Crippen molar-refractivity contribution >= 4 is 36.3 Å². The molecule has 172 valence electrons. The summed E-state index contributed by atoms with van der Waals surface area (Å²) in [5, 5.41) is 23.8. The molecule has 0 aromatic carbocycles. The Hall–Kier alpha value is -1.89. The van der Waals surface area contributed by atoms with Crippen LogP contribution >= 0.6 is 12.6 Å². The molecule has 5 atom stereocenters. The molecule has 30 heavy (non-hydrogen) atoms. The molecule has 1 aliphatic heterocycles. The van der Waals surface area contributed by atoms with Crippen LogP contribution in [0.4, 0.5) is 0 Å². The average molecular weight is 448 g/mol. The van der Waals surface area contributed by atoms with Crippen molar-refractivity contribution < 1.29 is 29.4 Å². The Bertz CT molecular complexity index is 620. The Morgan fingerprint density at radius 2 is 1.87 bits per heavy atom. The van der Waals surface area contributed by atoms with Gasteiger partial charge >= 0.3 is 5.97 Å². The molecule has 1 fully saturated rings. The van der Waals surface area contributed by atoms with Crippen LogP contribution in [0.5, 0.6) is 0 Å². The topological polar surface area (TPSA) is 188 Å². The molecule has 8 N–H and O–H groups in total. The van der Waals surface area contributed by atoms with Gasteiger partial charge in [-0.3, -0.25) is 14.4 Å². The summed E-state index contributed by atoms with van der Waals surface area (Å²) in [5.41, 5.74) is 11.1. The number of thiol groups is 1. The van der Waals surface area contributed by atoms with E-state index in [0.29, 0.717) is 38.8 Å². The maximum Gasteiger partial charge on any atom is 0.326 e. The predicted octanol–water partition coefficient (Wildman–Crippen LogP) is -2.20. The number of likely N-dealkylation sites (tertiary alicyclic amines) is 1. The second kappa shape index (κ2) is 12.7. The number of carbonyl (C=O) groups is 4. The molecule has 0 aromatic heterocycles. The lowest BCUT2D eigenvalue weighted by Crippen LogP contribution is -2.58. The number of carboxylic acid groups (broad SMARTS) is 1. The van der Waals surface area contributed by atoms with Crippen molar-refractivity contribution in [3.8, 4) is 0 Å². The molecule has 1 rings (SSSR count). The van der Waals surface area contributed by atoms with Crippen molar-refractivity contribution in [2.75, 3.05) is 18.8 Å². The Morgan fingerprint density at radius 1 is 1.20 bits per heavy atom. The van der Waals surface area contributed by atoms with Gasteiger partial charge in [-0.1, -0.05) is 0 Å². The molecule has 5 unspecified atom stereocenters. The molecule has 0 radical (unpaired) electrons. The van der Waals surface area contributed by atoms with Crippen LogP contribution in [-0.4, -0.2) is 87.9 Å². The lowest BCUT2D eigenvalue weighted by atomic mass is 10.1. The fraction of sp³-hybridized carbons (Fsp3) is 0.778. The van der Waals surface area contributed by atoms with Gasteiger partial charge in [0.1, 0.15) is 24.2 Å². The van der Waals surface area contributed by atoms with E-state index in [1.807, 2.05) is 0 Å². The van der Waals surface area contributed by atoms with E-state index >= 15 is 0 Å². The molecule has 1 aliphatic rings. The van der Waals surface area contributed by atoms with Crippen LogP contribution in [0.3, 0.4) is 0 Å². The minimum absolute atomic E-state index is 0.0550. The zero-order chi connectivity index (χ0) is 22.8. The second-order valence-corrected chi connectivity index (χ2v) is 7.75. The van der Waals surface area contributed by atoms with Crippen molar-refractivity contribution in [3.05, 3.63) is 0 Å². The number of hydrogen-bond acceptors (Lipinski definition) is 8. The zero-order valence-electron chi connectivity index (χ0n) is 17.1. The third-order valence-electron chi connectivity index (χ3n) is 5.02. The van der Waals surface area contributed by atoms with Crippen molar-refractivity contribution in [2.45, 2.75) is 69.3 Å². The summed E-state index contributed by atoms with van der Waals surface area (Å²) in [6.45, 7) is 2.13. The van der Waals surface area contributed by atoms with Gasteiger partial charge in [-0.2, -0.15) is 12.6 Å². The van der Waals surface area contributed by atoms with Crippen LogP contribution in [0, 0.1) is 0 Å². The lowest BCUT2D eigenvalue weighted by molar-refractivity contribution is -0.143. The normalized spacial score (nSPS) is 20.2. The monoisotopic (exact) mass is 447 g/mol. The first kappa shape index (κ1) is 26.1. The van der Waals surface area contributed by atoms with E-state index in [4.69, 9.17) is 11.5 Å². The SMILES string of the molecule is CC(O)C(N)C(=O)N1CCCC1C(=O)NC(CS)C(=O)NC(CCCCN)C(=O)O. The molecule has 1 saturated heterocycles. The standard InChI is InChI=1S/C18H33N5O6S/c1-10(24)14(20)17(27)23-8-4-6-13(23)16(26)22-12(9-30)15(25)21-11(18(28)29)5-2-3-7-19/h10-14,24,30H,2-9,19-20H2,1H3,(H,21,25)(H,22,26)(H,28,29). The molecule has 0 saturated carbocycles. The first-order valence-corrected chi connectivity index (χ1v) is 10.7. The Morgan fingerprint density at radius 3 is 2.40 bits per heavy atom. The number of amides is 3. The van der Waals surface area contributed by atoms with Crippen LogP contribution < -0.4 is 22.1 Å². The Kier molecular flexibility index (Phi) is 11.1. The van der Waals surface area contributed by atoms with Crippen LogP contribution in [0.1, 0.15) is 39.0 Å². The predicted molar refractivity (Wildman–Crippen MR) is 113 cm³/mol. The van der Waals surface area contributed by atoms with Gasteiger partial charge < -0.3 is 37.2 Å². The van der Waals surface area contributed by atoms with E-state index in [1.165, 1.54) is 11.8 Å². The quantitative estimate of drug-likeness (QED) is 0.130. The van der Waals surface area contributed by atoms with Gasteiger partial charge in [-0.05, 0) is 45.6 Å². The number of nitrogens with zero attached hydrogens (tertiary/aromatic N) is 1. The molecule has 1 heterocycles. The van der Waals surface area contributed by atoms with E-state index in [0.717, 1.165) is 0 Å². The van der Waals surface area contributed by atoms with E-state index in [1.54, 1.807) is 0 Å². The summed E-state index contributed by atoms with van der Waals surface area (Å²) in [4.78, 5) is 50.3.